The summed E-state index contributed by atoms with van der Waals surface area (Å²) in [6, 6.07) is 20.6. The fraction of sp³-hybridized carbons (Fsp3) is 0.606. The highest BCUT2D eigenvalue weighted by Gasteiger charge is 2.14. The number of carbonyl (C=O) groups is 1. The van der Waals surface area contributed by atoms with Crippen molar-refractivity contribution in [1.82, 2.24) is 5.48 Å². The average Bonchev–Trinajstić information content (AvgIpc) is 2.90. The number of nitrogens with one attached hydrogen (secondary N) is 1. The fourth-order valence-corrected chi connectivity index (χ4v) is 4.65. The molecule has 0 saturated heterocycles. The molecular formula is C33H55N2O2+. The van der Waals surface area contributed by atoms with Crippen LogP contribution in [0.2, 0.25) is 0 Å². The summed E-state index contributed by atoms with van der Waals surface area (Å²) in [5.41, 5.74) is 5.02. The second-order valence-corrected chi connectivity index (χ2v) is 10.9. The van der Waals surface area contributed by atoms with Crippen molar-refractivity contribution in [2.75, 3.05) is 20.6 Å². The predicted molar refractivity (Wildman–Crippen MR) is 158 cm³/mol. The lowest BCUT2D eigenvalue weighted by molar-refractivity contribution is -0.903. The van der Waals surface area contributed by atoms with Crippen molar-refractivity contribution < 1.29 is 14.1 Å². The molecule has 2 rings (SSSR count). The highest BCUT2D eigenvalue weighted by atomic mass is 16.7. The van der Waals surface area contributed by atoms with Crippen LogP contribution in [0.3, 0.4) is 0 Å². The third-order valence-electron chi connectivity index (χ3n) is 6.82. The quantitative estimate of drug-likeness (QED) is 0.0789. The molecule has 37 heavy (non-hydrogen) atoms. The standard InChI is InChI=1S/C25H46N.C8H9NO2/c1-4-5-6-7-8-9-10-11-12-13-14-15-16-20-23-26(2,3)24-25-21-18-17-19-22-25;10-7-11-9-6-8-4-2-1-3-5-8/h17-19,21-22H,4-16,20,23-24H2,1-3H3;1-5,7,9H,6H2/q+1;. The number of unbranched alkanes of at least 4 members (excludes halogenated alkanes) is 13. The molecule has 0 aromatic heterocycles. The van der Waals surface area contributed by atoms with Crippen molar-refractivity contribution in [1.29, 1.82) is 0 Å². The van der Waals surface area contributed by atoms with Gasteiger partial charge in [0.1, 0.15) is 6.54 Å². The average molecular weight is 512 g/mol. The Labute approximate surface area is 228 Å². The first-order chi connectivity index (χ1) is 18.1. The van der Waals surface area contributed by atoms with Gasteiger partial charge in [-0.2, -0.15) is 0 Å². The first kappa shape index (κ1) is 32.9. The van der Waals surface area contributed by atoms with Crippen molar-refractivity contribution in [2.45, 2.75) is 110 Å². The monoisotopic (exact) mass is 511 g/mol. The molecule has 0 aliphatic heterocycles. The third kappa shape index (κ3) is 20.6. The van der Waals surface area contributed by atoms with E-state index < -0.39 is 0 Å². The minimum atomic E-state index is 0.364. The van der Waals surface area contributed by atoms with Crippen molar-refractivity contribution in [2.24, 2.45) is 0 Å². The fourth-order valence-electron chi connectivity index (χ4n) is 4.65. The summed E-state index contributed by atoms with van der Waals surface area (Å²) in [7, 11) is 4.74. The van der Waals surface area contributed by atoms with E-state index in [1.54, 1.807) is 0 Å². The number of quaternary nitrogens is 1. The topological polar surface area (TPSA) is 38.3 Å². The molecule has 0 saturated carbocycles. The maximum atomic E-state index is 9.71. The Hall–Kier alpha value is -2.17. The van der Waals surface area contributed by atoms with Gasteiger partial charge in [-0.05, 0) is 18.4 Å². The molecule has 1 N–H and O–H groups in total. The molecule has 0 fully saturated rings. The Morgan fingerprint density at radius 3 is 1.54 bits per heavy atom. The van der Waals surface area contributed by atoms with Crippen LogP contribution in [0.15, 0.2) is 60.7 Å². The molecule has 0 spiro atoms. The predicted octanol–water partition coefficient (Wildman–Crippen LogP) is 8.61. The van der Waals surface area contributed by atoms with Gasteiger partial charge in [-0.3, -0.25) is 4.79 Å². The number of rotatable bonds is 21. The first-order valence-corrected chi connectivity index (χ1v) is 14.8. The highest BCUT2D eigenvalue weighted by molar-refractivity contribution is 5.36. The highest BCUT2D eigenvalue weighted by Crippen LogP contribution is 2.15. The molecule has 0 unspecified atom stereocenters. The lowest BCUT2D eigenvalue weighted by Crippen LogP contribution is -2.39. The van der Waals surface area contributed by atoms with Crippen LogP contribution >= 0.6 is 0 Å². The Kier molecular flexibility index (Phi) is 20.4. The molecule has 0 amide bonds. The normalized spacial score (nSPS) is 11.0. The molecule has 0 aliphatic rings. The molecule has 2 aromatic rings. The van der Waals surface area contributed by atoms with E-state index in [9.17, 15) is 4.79 Å². The Balaban J connectivity index is 0.000000516. The van der Waals surface area contributed by atoms with Gasteiger partial charge in [0, 0.05) is 5.56 Å². The molecule has 0 heterocycles. The second kappa shape index (κ2) is 23.0. The van der Waals surface area contributed by atoms with Gasteiger partial charge in [-0.1, -0.05) is 145 Å². The summed E-state index contributed by atoms with van der Waals surface area (Å²) < 4.78 is 1.11. The Bertz CT molecular complexity index is 749. The summed E-state index contributed by atoms with van der Waals surface area (Å²) in [5, 5.41) is 0. The van der Waals surface area contributed by atoms with Gasteiger partial charge in [0.25, 0.3) is 0 Å². The van der Waals surface area contributed by atoms with Gasteiger partial charge in [-0.15, -0.1) is 5.48 Å². The molecule has 0 atom stereocenters. The minimum Gasteiger partial charge on any atom is -0.373 e. The molecule has 0 aliphatic carbocycles. The van der Waals surface area contributed by atoms with Crippen molar-refractivity contribution in [3.8, 4) is 0 Å². The van der Waals surface area contributed by atoms with Crippen LogP contribution in [0.25, 0.3) is 0 Å². The van der Waals surface area contributed by atoms with Crippen molar-refractivity contribution in [3.05, 3.63) is 71.8 Å². The number of carbonyl (C=O) groups excluding carboxylic acids is 1. The molecule has 4 nitrogen and oxygen atoms in total. The van der Waals surface area contributed by atoms with Crippen LogP contribution in [-0.4, -0.2) is 31.6 Å². The number of hydroxylamine groups is 1. The van der Waals surface area contributed by atoms with Crippen LogP contribution in [0.5, 0.6) is 0 Å². The van der Waals surface area contributed by atoms with E-state index in [0.29, 0.717) is 13.0 Å². The number of benzene rings is 2. The van der Waals surface area contributed by atoms with Gasteiger partial charge in [-0.25, -0.2) is 0 Å². The first-order valence-electron chi connectivity index (χ1n) is 14.8. The third-order valence-corrected chi connectivity index (χ3v) is 6.82. The summed E-state index contributed by atoms with van der Waals surface area (Å²) >= 11 is 0. The van der Waals surface area contributed by atoms with E-state index in [0.717, 1.165) is 16.6 Å². The maximum Gasteiger partial charge on any atom is 0.312 e. The van der Waals surface area contributed by atoms with Gasteiger partial charge >= 0.3 is 6.47 Å². The van der Waals surface area contributed by atoms with E-state index in [-0.39, 0.29) is 0 Å². The second-order valence-electron chi connectivity index (χ2n) is 10.9. The van der Waals surface area contributed by atoms with Crippen LogP contribution in [0.4, 0.5) is 0 Å². The smallest absolute Gasteiger partial charge is 0.312 e. The van der Waals surface area contributed by atoms with Gasteiger partial charge in [0.2, 0.25) is 0 Å². The van der Waals surface area contributed by atoms with Gasteiger partial charge in [0.05, 0.1) is 27.2 Å². The Morgan fingerprint density at radius 2 is 1.08 bits per heavy atom. The molecule has 208 valence electrons. The largest absolute Gasteiger partial charge is 0.373 e. The minimum absolute atomic E-state index is 0.364. The zero-order valence-corrected chi connectivity index (χ0v) is 24.1. The van der Waals surface area contributed by atoms with E-state index in [1.165, 1.54) is 102 Å². The molecule has 0 radical (unpaired) electrons. The number of hydrogen-bond donors (Lipinski definition) is 1. The zero-order chi connectivity index (χ0) is 26.9. The van der Waals surface area contributed by atoms with Crippen LogP contribution < -0.4 is 5.48 Å². The Morgan fingerprint density at radius 1 is 0.649 bits per heavy atom. The van der Waals surface area contributed by atoms with E-state index >= 15 is 0 Å². The van der Waals surface area contributed by atoms with E-state index in [2.05, 4.69) is 61.7 Å². The molecular weight excluding hydrogens is 456 g/mol. The number of hydrogen-bond acceptors (Lipinski definition) is 3. The van der Waals surface area contributed by atoms with Gasteiger partial charge < -0.3 is 9.32 Å². The maximum absolute atomic E-state index is 9.71. The van der Waals surface area contributed by atoms with E-state index in [1.807, 2.05) is 30.3 Å². The lowest BCUT2D eigenvalue weighted by atomic mass is 10.0. The van der Waals surface area contributed by atoms with Crippen LogP contribution in [0.1, 0.15) is 108 Å². The summed E-state index contributed by atoms with van der Waals surface area (Å²) in [6.07, 6.45) is 20.2. The molecule has 2 aromatic carbocycles. The lowest BCUT2D eigenvalue weighted by Gasteiger charge is -2.30. The van der Waals surface area contributed by atoms with Crippen LogP contribution in [0, 0.1) is 0 Å². The van der Waals surface area contributed by atoms with E-state index in [4.69, 9.17) is 0 Å². The SMILES string of the molecule is CCCCCCCCCCCCCCCC[N+](C)(C)Cc1ccccc1.O=CONCc1ccccc1. The molecule has 4 heteroatoms. The zero-order valence-electron chi connectivity index (χ0n) is 24.1. The summed E-state index contributed by atoms with van der Waals surface area (Å²) in [5.74, 6) is 0. The number of nitrogens with zero attached hydrogens (tertiary/aromatic N) is 1. The van der Waals surface area contributed by atoms with Gasteiger partial charge in [0.15, 0.2) is 0 Å². The van der Waals surface area contributed by atoms with Crippen molar-refractivity contribution >= 4 is 6.47 Å². The summed E-state index contributed by atoms with van der Waals surface area (Å²) in [6.45, 7) is 5.65. The summed E-state index contributed by atoms with van der Waals surface area (Å²) in [4.78, 5) is 14.0. The molecule has 0 bridgehead atoms. The van der Waals surface area contributed by atoms with Crippen LogP contribution in [-0.2, 0) is 22.7 Å². The van der Waals surface area contributed by atoms with Crippen molar-refractivity contribution in [3.63, 3.8) is 0 Å².